The van der Waals surface area contributed by atoms with Crippen LogP contribution in [0.4, 0.5) is 13.2 Å². The second-order valence-corrected chi connectivity index (χ2v) is 6.56. The molecular weight excluding hydrogens is 343 g/mol. The molecule has 0 aromatic heterocycles. The van der Waals surface area contributed by atoms with Gasteiger partial charge in [0.05, 0.1) is 11.7 Å². The molecule has 3 nitrogen and oxygen atoms in total. The average Bonchev–Trinajstić information content (AvgIpc) is 2.67. The minimum atomic E-state index is -4.47. The van der Waals surface area contributed by atoms with E-state index in [1.807, 2.05) is 30.3 Å². The fourth-order valence-electron chi connectivity index (χ4n) is 3.35. The molecule has 3 rings (SSSR count). The van der Waals surface area contributed by atoms with E-state index < -0.39 is 23.8 Å². The van der Waals surface area contributed by atoms with Gasteiger partial charge >= 0.3 is 6.18 Å². The number of hydrogen-bond donors (Lipinski definition) is 1. The van der Waals surface area contributed by atoms with Crippen molar-refractivity contribution in [1.29, 1.82) is 0 Å². The van der Waals surface area contributed by atoms with Gasteiger partial charge in [0.25, 0.3) is 5.91 Å². The van der Waals surface area contributed by atoms with Crippen LogP contribution < -0.4 is 0 Å². The molecular formula is C20H20F3NO2. The normalized spacial score (nSPS) is 17.2. The molecule has 1 heterocycles. The van der Waals surface area contributed by atoms with Crippen LogP contribution >= 0.6 is 0 Å². The van der Waals surface area contributed by atoms with E-state index in [9.17, 15) is 23.1 Å². The summed E-state index contributed by atoms with van der Waals surface area (Å²) in [4.78, 5) is 14.1. The van der Waals surface area contributed by atoms with Crippen molar-refractivity contribution in [3.05, 3.63) is 71.3 Å². The van der Waals surface area contributed by atoms with Crippen LogP contribution in [0.25, 0.3) is 0 Å². The highest BCUT2D eigenvalue weighted by molar-refractivity contribution is 5.94. The largest absolute Gasteiger partial charge is 0.416 e. The molecule has 26 heavy (non-hydrogen) atoms. The topological polar surface area (TPSA) is 40.5 Å². The van der Waals surface area contributed by atoms with Crippen molar-refractivity contribution in [2.45, 2.75) is 25.1 Å². The van der Waals surface area contributed by atoms with E-state index in [1.165, 1.54) is 12.1 Å². The van der Waals surface area contributed by atoms with Crippen LogP contribution in [0.2, 0.25) is 0 Å². The summed E-state index contributed by atoms with van der Waals surface area (Å²) in [5.74, 6) is -0.369. The molecule has 2 aromatic rings. The van der Waals surface area contributed by atoms with E-state index in [-0.39, 0.29) is 11.5 Å². The van der Waals surface area contributed by atoms with Crippen LogP contribution in [0, 0.1) is 5.92 Å². The van der Waals surface area contributed by atoms with Gasteiger partial charge in [-0.05, 0) is 42.5 Å². The summed E-state index contributed by atoms with van der Waals surface area (Å²) in [6.07, 6.45) is -3.84. The number of aliphatic hydroxyl groups is 1. The number of rotatable bonds is 3. The maximum Gasteiger partial charge on any atom is 0.416 e. The van der Waals surface area contributed by atoms with Crippen molar-refractivity contribution in [2.24, 2.45) is 5.92 Å². The highest BCUT2D eigenvalue weighted by atomic mass is 19.4. The molecule has 1 N–H and O–H groups in total. The average molecular weight is 363 g/mol. The lowest BCUT2D eigenvalue weighted by molar-refractivity contribution is -0.137. The molecule has 1 aliphatic heterocycles. The number of hydrogen-bond acceptors (Lipinski definition) is 2. The summed E-state index contributed by atoms with van der Waals surface area (Å²) < 4.78 is 38.5. The monoisotopic (exact) mass is 363 g/mol. The first-order chi connectivity index (χ1) is 12.4. The Morgan fingerprint density at radius 3 is 2.31 bits per heavy atom. The Hall–Kier alpha value is -2.34. The maximum atomic E-state index is 12.8. The Labute approximate surface area is 150 Å². The van der Waals surface area contributed by atoms with Gasteiger partial charge in [-0.2, -0.15) is 13.2 Å². The number of halogens is 3. The van der Waals surface area contributed by atoms with Crippen molar-refractivity contribution in [2.75, 3.05) is 13.1 Å². The van der Waals surface area contributed by atoms with Gasteiger partial charge in [-0.3, -0.25) is 4.79 Å². The lowest BCUT2D eigenvalue weighted by Crippen LogP contribution is -2.39. The number of carbonyl (C=O) groups excluding carboxylic acids is 1. The molecule has 1 saturated heterocycles. The number of carbonyl (C=O) groups is 1. The lowest BCUT2D eigenvalue weighted by atomic mass is 9.87. The van der Waals surface area contributed by atoms with Gasteiger partial charge in [0.2, 0.25) is 0 Å². The molecule has 1 fully saturated rings. The van der Waals surface area contributed by atoms with E-state index in [0.29, 0.717) is 25.9 Å². The maximum absolute atomic E-state index is 12.8. The van der Waals surface area contributed by atoms with Crippen molar-refractivity contribution >= 4 is 5.91 Å². The summed E-state index contributed by atoms with van der Waals surface area (Å²) in [6, 6.07) is 13.9. The van der Waals surface area contributed by atoms with Crippen molar-refractivity contribution in [3.63, 3.8) is 0 Å². The minimum absolute atomic E-state index is 0.0305. The number of piperidine rings is 1. The number of nitrogens with zero attached hydrogens (tertiary/aromatic N) is 1. The molecule has 0 aliphatic carbocycles. The molecule has 1 atom stereocenters. The number of alkyl halides is 3. The van der Waals surface area contributed by atoms with Crippen molar-refractivity contribution in [1.82, 2.24) is 4.90 Å². The SMILES string of the molecule is O=C(c1cccc(C(F)(F)F)c1)N1CCC(C(O)c2ccccc2)CC1. The fourth-order valence-corrected chi connectivity index (χ4v) is 3.35. The second kappa shape index (κ2) is 7.50. The Morgan fingerprint density at radius 2 is 1.69 bits per heavy atom. The van der Waals surface area contributed by atoms with E-state index in [2.05, 4.69) is 0 Å². The van der Waals surface area contributed by atoms with Crippen LogP contribution in [0.1, 0.15) is 40.4 Å². The molecule has 2 aromatic carbocycles. The third kappa shape index (κ3) is 4.07. The molecule has 0 saturated carbocycles. The molecule has 138 valence electrons. The molecule has 0 spiro atoms. The Kier molecular flexibility index (Phi) is 5.32. The summed E-state index contributed by atoms with van der Waals surface area (Å²) in [7, 11) is 0. The second-order valence-electron chi connectivity index (χ2n) is 6.56. The number of likely N-dealkylation sites (tertiary alicyclic amines) is 1. The fraction of sp³-hybridized carbons (Fsp3) is 0.350. The number of amides is 1. The van der Waals surface area contributed by atoms with E-state index >= 15 is 0 Å². The standard InChI is InChI=1S/C20H20F3NO2/c21-20(22,23)17-8-4-7-16(13-17)19(26)24-11-9-15(10-12-24)18(25)14-5-2-1-3-6-14/h1-8,13,15,18,25H,9-12H2. The first-order valence-electron chi connectivity index (χ1n) is 8.56. The zero-order valence-corrected chi connectivity index (χ0v) is 14.1. The van der Waals surface area contributed by atoms with Gasteiger partial charge in [-0.15, -0.1) is 0 Å². The van der Waals surface area contributed by atoms with E-state index in [1.54, 1.807) is 4.90 Å². The predicted octanol–water partition coefficient (Wildman–Crippen LogP) is 4.29. The summed E-state index contributed by atoms with van der Waals surface area (Å²) in [5, 5.41) is 10.5. The summed E-state index contributed by atoms with van der Waals surface area (Å²) in [5.41, 5.74) is 0.0646. The Morgan fingerprint density at radius 1 is 1.04 bits per heavy atom. The zero-order valence-electron chi connectivity index (χ0n) is 14.1. The van der Waals surface area contributed by atoms with Gasteiger partial charge < -0.3 is 10.0 Å². The predicted molar refractivity (Wildman–Crippen MR) is 91.5 cm³/mol. The Bertz CT molecular complexity index is 753. The summed E-state index contributed by atoms with van der Waals surface area (Å²) >= 11 is 0. The third-order valence-electron chi connectivity index (χ3n) is 4.85. The highest BCUT2D eigenvalue weighted by Crippen LogP contribution is 2.32. The van der Waals surface area contributed by atoms with Gasteiger partial charge in [-0.25, -0.2) is 0 Å². The van der Waals surface area contributed by atoms with E-state index in [0.717, 1.165) is 17.7 Å². The van der Waals surface area contributed by atoms with Gasteiger partial charge in [0, 0.05) is 18.7 Å². The minimum Gasteiger partial charge on any atom is -0.388 e. The van der Waals surface area contributed by atoms with Crippen LogP contribution in [0.3, 0.4) is 0 Å². The lowest BCUT2D eigenvalue weighted by Gasteiger charge is -2.34. The first kappa shape index (κ1) is 18.5. The van der Waals surface area contributed by atoms with E-state index in [4.69, 9.17) is 0 Å². The first-order valence-corrected chi connectivity index (χ1v) is 8.56. The molecule has 0 radical (unpaired) electrons. The van der Waals surface area contributed by atoms with Gasteiger partial charge in [0.1, 0.15) is 0 Å². The third-order valence-corrected chi connectivity index (χ3v) is 4.85. The van der Waals surface area contributed by atoms with Gasteiger partial charge in [-0.1, -0.05) is 36.4 Å². The molecule has 1 unspecified atom stereocenters. The molecule has 1 amide bonds. The molecule has 6 heteroatoms. The van der Waals surface area contributed by atoms with Crippen LogP contribution in [0.15, 0.2) is 54.6 Å². The Balaban J connectivity index is 1.64. The number of benzene rings is 2. The van der Waals surface area contributed by atoms with Crippen LogP contribution in [0.5, 0.6) is 0 Å². The number of aliphatic hydroxyl groups excluding tert-OH is 1. The van der Waals surface area contributed by atoms with Crippen molar-refractivity contribution < 1.29 is 23.1 Å². The van der Waals surface area contributed by atoms with Crippen LogP contribution in [-0.2, 0) is 6.18 Å². The smallest absolute Gasteiger partial charge is 0.388 e. The quantitative estimate of drug-likeness (QED) is 0.884. The molecule has 0 bridgehead atoms. The van der Waals surface area contributed by atoms with Crippen LogP contribution in [-0.4, -0.2) is 29.0 Å². The summed E-state index contributed by atoms with van der Waals surface area (Å²) in [6.45, 7) is 0.841. The zero-order chi connectivity index (χ0) is 18.7. The molecule has 1 aliphatic rings. The van der Waals surface area contributed by atoms with Gasteiger partial charge in [0.15, 0.2) is 0 Å². The van der Waals surface area contributed by atoms with Crippen molar-refractivity contribution in [3.8, 4) is 0 Å². The highest BCUT2D eigenvalue weighted by Gasteiger charge is 2.32.